The largest absolute Gasteiger partial charge is 0.313 e. The van der Waals surface area contributed by atoms with Crippen LogP contribution in [0.1, 0.15) is 42.4 Å². The van der Waals surface area contributed by atoms with E-state index < -0.39 is 0 Å². The molecule has 2 aromatic rings. The van der Waals surface area contributed by atoms with Crippen LogP contribution in [0.3, 0.4) is 0 Å². The van der Waals surface area contributed by atoms with Gasteiger partial charge in [0.05, 0.1) is 0 Å². The lowest BCUT2D eigenvalue weighted by Gasteiger charge is -2.39. The Labute approximate surface area is 157 Å². The molecular weight excluding hydrogens is 316 g/mol. The van der Waals surface area contributed by atoms with Crippen LogP contribution in [-0.2, 0) is 19.4 Å². The van der Waals surface area contributed by atoms with Gasteiger partial charge in [-0.1, -0.05) is 54.6 Å². The van der Waals surface area contributed by atoms with Crippen molar-refractivity contribution in [3.63, 3.8) is 0 Å². The maximum atomic E-state index is 3.91. The van der Waals surface area contributed by atoms with Gasteiger partial charge < -0.3 is 5.32 Å². The summed E-state index contributed by atoms with van der Waals surface area (Å²) in [5.41, 5.74) is 4.59. The fraction of sp³-hybridized carbons (Fsp3) is 0.500. The third-order valence-corrected chi connectivity index (χ3v) is 6.94. The Morgan fingerprint density at radius 2 is 1.42 bits per heavy atom. The van der Waals surface area contributed by atoms with Crippen molar-refractivity contribution < 1.29 is 0 Å². The zero-order valence-corrected chi connectivity index (χ0v) is 15.6. The molecule has 2 aromatic carbocycles. The lowest BCUT2D eigenvalue weighted by Crippen LogP contribution is -2.45. The summed E-state index contributed by atoms with van der Waals surface area (Å²) in [5.74, 6) is 0.864. The van der Waals surface area contributed by atoms with Crippen molar-refractivity contribution >= 4 is 0 Å². The quantitative estimate of drug-likeness (QED) is 0.873. The predicted octanol–water partition coefficient (Wildman–Crippen LogP) is 4.19. The molecule has 1 N–H and O–H groups in total. The molecule has 3 atom stereocenters. The van der Waals surface area contributed by atoms with Crippen LogP contribution < -0.4 is 5.32 Å². The molecule has 5 rings (SSSR count). The average molecular weight is 347 g/mol. The number of benzene rings is 2. The van der Waals surface area contributed by atoms with E-state index in [0.29, 0.717) is 6.04 Å². The van der Waals surface area contributed by atoms with Crippen molar-refractivity contribution in [1.82, 2.24) is 10.2 Å². The third-order valence-electron chi connectivity index (χ3n) is 6.94. The fourth-order valence-corrected chi connectivity index (χ4v) is 5.64. The number of fused-ring (bicyclic) bond motifs is 3. The average Bonchev–Trinajstić information content (AvgIpc) is 3.18. The van der Waals surface area contributed by atoms with Crippen LogP contribution in [0.25, 0.3) is 0 Å². The van der Waals surface area contributed by atoms with Crippen molar-refractivity contribution in [2.45, 2.75) is 63.2 Å². The van der Waals surface area contributed by atoms with Gasteiger partial charge in [-0.15, -0.1) is 0 Å². The zero-order chi connectivity index (χ0) is 17.3. The zero-order valence-electron chi connectivity index (χ0n) is 15.6. The number of hydrogen-bond acceptors (Lipinski definition) is 2. The van der Waals surface area contributed by atoms with Gasteiger partial charge in [-0.2, -0.15) is 0 Å². The first-order valence-electron chi connectivity index (χ1n) is 10.4. The molecule has 2 bridgehead atoms. The molecule has 2 saturated heterocycles. The van der Waals surface area contributed by atoms with Crippen molar-refractivity contribution in [2.75, 3.05) is 6.54 Å². The Kier molecular flexibility index (Phi) is 4.56. The minimum atomic E-state index is 0.660. The van der Waals surface area contributed by atoms with Gasteiger partial charge in [0, 0.05) is 24.7 Å². The van der Waals surface area contributed by atoms with Gasteiger partial charge >= 0.3 is 0 Å². The fourth-order valence-electron chi connectivity index (χ4n) is 5.64. The molecule has 0 amide bonds. The van der Waals surface area contributed by atoms with E-state index in [1.807, 2.05) is 0 Å². The van der Waals surface area contributed by atoms with E-state index in [0.717, 1.165) is 24.5 Å². The predicted molar refractivity (Wildman–Crippen MR) is 107 cm³/mol. The Morgan fingerprint density at radius 3 is 2.08 bits per heavy atom. The number of nitrogens with one attached hydrogen (secondary N) is 1. The number of hydrogen-bond donors (Lipinski definition) is 1. The molecule has 2 fully saturated rings. The van der Waals surface area contributed by atoms with E-state index in [4.69, 9.17) is 0 Å². The molecule has 0 radical (unpaired) electrons. The molecule has 2 heterocycles. The summed E-state index contributed by atoms with van der Waals surface area (Å²) in [7, 11) is 0. The molecule has 2 heteroatoms. The van der Waals surface area contributed by atoms with Crippen LogP contribution in [0.2, 0.25) is 0 Å². The maximum absolute atomic E-state index is 3.91. The lowest BCUT2D eigenvalue weighted by molar-refractivity contribution is 0.0946. The first-order valence-corrected chi connectivity index (χ1v) is 10.4. The van der Waals surface area contributed by atoms with E-state index in [1.165, 1.54) is 50.6 Å². The summed E-state index contributed by atoms with van der Waals surface area (Å²) < 4.78 is 0. The van der Waals surface area contributed by atoms with Gasteiger partial charge in [-0.25, -0.2) is 0 Å². The highest BCUT2D eigenvalue weighted by Crippen LogP contribution is 2.39. The topological polar surface area (TPSA) is 15.3 Å². The second kappa shape index (κ2) is 7.17. The molecule has 136 valence electrons. The molecule has 0 aromatic heterocycles. The minimum Gasteiger partial charge on any atom is -0.313 e. The van der Waals surface area contributed by atoms with Gasteiger partial charge in [0.15, 0.2) is 0 Å². The second-order valence-electron chi connectivity index (χ2n) is 8.66. The van der Waals surface area contributed by atoms with Crippen LogP contribution in [-0.4, -0.2) is 29.6 Å². The Morgan fingerprint density at radius 1 is 0.808 bits per heavy atom. The normalized spacial score (nSPS) is 28.4. The second-order valence-corrected chi connectivity index (χ2v) is 8.66. The monoisotopic (exact) mass is 346 g/mol. The molecule has 1 unspecified atom stereocenters. The van der Waals surface area contributed by atoms with Crippen LogP contribution in [0.4, 0.5) is 0 Å². The van der Waals surface area contributed by atoms with Gasteiger partial charge in [-0.05, 0) is 67.7 Å². The van der Waals surface area contributed by atoms with Crippen LogP contribution >= 0.6 is 0 Å². The van der Waals surface area contributed by atoms with Gasteiger partial charge in [0.25, 0.3) is 0 Å². The highest BCUT2D eigenvalue weighted by Gasteiger charge is 2.40. The summed E-state index contributed by atoms with van der Waals surface area (Å²) >= 11 is 0. The van der Waals surface area contributed by atoms with Gasteiger partial charge in [0.2, 0.25) is 0 Å². The van der Waals surface area contributed by atoms with Crippen molar-refractivity contribution in [3.8, 4) is 0 Å². The number of piperidine rings is 1. The highest BCUT2D eigenvalue weighted by molar-refractivity contribution is 5.33. The SMILES string of the molecule is c1ccc(CN2[C@@H]3CC[C@H]2CC(CNC2Cc4ccccc4C2)C3)cc1. The third kappa shape index (κ3) is 3.33. The van der Waals surface area contributed by atoms with E-state index in [-0.39, 0.29) is 0 Å². The lowest BCUT2D eigenvalue weighted by atomic mass is 9.90. The Balaban J connectivity index is 1.15. The standard InChI is InChI=1S/C24H30N2/c1-2-6-18(7-3-1)17-26-23-10-11-24(26)13-19(12-23)16-25-22-14-20-8-4-5-9-21(20)15-22/h1-9,19,22-25H,10-17H2/t19?,23-,24+. The molecule has 1 aliphatic carbocycles. The number of nitrogens with zero attached hydrogens (tertiary/aromatic N) is 1. The van der Waals surface area contributed by atoms with Gasteiger partial charge in [-0.3, -0.25) is 4.90 Å². The van der Waals surface area contributed by atoms with Crippen LogP contribution in [0.5, 0.6) is 0 Å². The molecule has 2 aliphatic heterocycles. The summed E-state index contributed by atoms with van der Waals surface area (Å²) in [6, 6.07) is 22.3. The van der Waals surface area contributed by atoms with Gasteiger partial charge in [0.1, 0.15) is 0 Å². The highest BCUT2D eigenvalue weighted by atomic mass is 15.2. The Hall–Kier alpha value is -1.64. The molecule has 0 spiro atoms. The van der Waals surface area contributed by atoms with Crippen LogP contribution in [0, 0.1) is 5.92 Å². The molecule has 2 nitrogen and oxygen atoms in total. The van der Waals surface area contributed by atoms with E-state index in [2.05, 4.69) is 64.8 Å². The molecule has 0 saturated carbocycles. The summed E-state index contributed by atoms with van der Waals surface area (Å²) in [4.78, 5) is 2.80. The van der Waals surface area contributed by atoms with Crippen molar-refractivity contribution in [1.29, 1.82) is 0 Å². The molecule has 26 heavy (non-hydrogen) atoms. The summed E-state index contributed by atoms with van der Waals surface area (Å²) in [5, 5.41) is 3.91. The number of rotatable bonds is 5. The smallest absolute Gasteiger partial charge is 0.0239 e. The van der Waals surface area contributed by atoms with E-state index >= 15 is 0 Å². The maximum Gasteiger partial charge on any atom is 0.0239 e. The summed E-state index contributed by atoms with van der Waals surface area (Å²) in [6.07, 6.45) is 8.02. The Bertz CT molecular complexity index is 702. The minimum absolute atomic E-state index is 0.660. The van der Waals surface area contributed by atoms with E-state index in [9.17, 15) is 0 Å². The molecular formula is C24H30N2. The first kappa shape index (κ1) is 16.5. The van der Waals surface area contributed by atoms with Crippen LogP contribution in [0.15, 0.2) is 54.6 Å². The first-order chi connectivity index (χ1) is 12.8. The van der Waals surface area contributed by atoms with E-state index in [1.54, 1.807) is 11.1 Å². The molecule has 3 aliphatic rings. The summed E-state index contributed by atoms with van der Waals surface area (Å²) in [6.45, 7) is 2.36. The van der Waals surface area contributed by atoms with Crippen molar-refractivity contribution in [2.24, 2.45) is 5.92 Å². The van der Waals surface area contributed by atoms with Crippen molar-refractivity contribution in [3.05, 3.63) is 71.3 Å².